The summed E-state index contributed by atoms with van der Waals surface area (Å²) in [5.74, 6) is 1.51. The molecule has 0 radical (unpaired) electrons. The molecule has 2 aromatic rings. The maximum absolute atomic E-state index is 12.7. The fraction of sp³-hybridized carbons (Fsp3) is 0.500. The largest absolute Gasteiger partial charge is 0.481 e. The lowest BCUT2D eigenvalue weighted by molar-refractivity contribution is -0.127. The molecule has 0 aliphatic carbocycles. The second-order valence-electron chi connectivity index (χ2n) is 8.96. The fourth-order valence-electron chi connectivity index (χ4n) is 4.02. The average Bonchev–Trinajstić information content (AvgIpc) is 2.72. The average molecular weight is 409 g/mol. The summed E-state index contributed by atoms with van der Waals surface area (Å²) in [5.41, 5.74) is 5.76. The Kier molecular flexibility index (Phi) is 7.06. The molecule has 1 N–H and O–H groups in total. The number of anilines is 1. The van der Waals surface area contributed by atoms with Crippen LogP contribution >= 0.6 is 0 Å². The first-order valence-electron chi connectivity index (χ1n) is 11.1. The van der Waals surface area contributed by atoms with Crippen LogP contribution in [0.4, 0.5) is 5.69 Å². The van der Waals surface area contributed by atoms with Gasteiger partial charge in [-0.05, 0) is 93.8 Å². The lowest BCUT2D eigenvalue weighted by atomic mass is 9.98. The molecule has 0 unspecified atom stereocenters. The van der Waals surface area contributed by atoms with E-state index in [2.05, 4.69) is 54.4 Å². The molecule has 1 saturated heterocycles. The third-order valence-corrected chi connectivity index (χ3v) is 6.34. The Hall–Kier alpha value is -2.49. The van der Waals surface area contributed by atoms with E-state index < -0.39 is 6.10 Å². The molecule has 2 atom stereocenters. The summed E-state index contributed by atoms with van der Waals surface area (Å²) >= 11 is 0. The highest BCUT2D eigenvalue weighted by molar-refractivity contribution is 5.81. The van der Waals surface area contributed by atoms with Gasteiger partial charge in [0.25, 0.3) is 5.91 Å². The maximum atomic E-state index is 12.7. The Bertz CT molecular complexity index is 867. The minimum absolute atomic E-state index is 0.0701. The summed E-state index contributed by atoms with van der Waals surface area (Å²) in [7, 11) is 0. The third-order valence-electron chi connectivity index (χ3n) is 6.34. The number of nitrogens with zero attached hydrogens (tertiary/aromatic N) is 1. The van der Waals surface area contributed by atoms with Crippen molar-refractivity contribution in [1.29, 1.82) is 0 Å². The number of aryl methyl sites for hydroxylation is 2. The van der Waals surface area contributed by atoms with Crippen LogP contribution < -0.4 is 15.0 Å². The van der Waals surface area contributed by atoms with Gasteiger partial charge < -0.3 is 15.0 Å². The van der Waals surface area contributed by atoms with Crippen LogP contribution in [0.2, 0.25) is 0 Å². The van der Waals surface area contributed by atoms with Crippen LogP contribution in [-0.2, 0) is 4.79 Å². The van der Waals surface area contributed by atoms with Crippen LogP contribution in [-0.4, -0.2) is 25.1 Å². The highest BCUT2D eigenvalue weighted by Crippen LogP contribution is 2.26. The van der Waals surface area contributed by atoms with Crippen molar-refractivity contribution in [3.8, 4) is 5.75 Å². The Morgan fingerprint density at radius 1 is 1.07 bits per heavy atom. The number of amides is 1. The van der Waals surface area contributed by atoms with Crippen molar-refractivity contribution in [1.82, 2.24) is 5.32 Å². The zero-order valence-corrected chi connectivity index (χ0v) is 19.3. The van der Waals surface area contributed by atoms with Gasteiger partial charge in [-0.15, -0.1) is 0 Å². The number of carbonyl (C=O) groups excluding carboxylic acids is 1. The van der Waals surface area contributed by atoms with Crippen LogP contribution in [0.3, 0.4) is 0 Å². The predicted molar refractivity (Wildman–Crippen MR) is 124 cm³/mol. The molecule has 1 aliphatic heterocycles. The molecular weight excluding hydrogens is 372 g/mol. The zero-order valence-electron chi connectivity index (χ0n) is 19.3. The van der Waals surface area contributed by atoms with E-state index in [1.165, 1.54) is 24.1 Å². The van der Waals surface area contributed by atoms with Gasteiger partial charge in [0.05, 0.1) is 6.04 Å². The molecule has 1 fully saturated rings. The summed E-state index contributed by atoms with van der Waals surface area (Å²) in [6.45, 7) is 14.5. The van der Waals surface area contributed by atoms with Crippen molar-refractivity contribution in [3.63, 3.8) is 0 Å². The molecule has 3 rings (SSSR count). The van der Waals surface area contributed by atoms with Gasteiger partial charge in [0.15, 0.2) is 6.10 Å². The molecule has 2 aromatic carbocycles. The van der Waals surface area contributed by atoms with E-state index in [0.29, 0.717) is 0 Å². The summed E-state index contributed by atoms with van der Waals surface area (Å²) in [6, 6.07) is 12.6. The standard InChI is InChI=1S/C26H36N2O2/c1-17-11-13-28(14-12-17)24-9-7-23(8-10-24)21(5)27-26(29)22(6)30-25-16-18(2)15-19(3)20(25)4/h7-10,15-17,21-22H,11-14H2,1-6H3,(H,27,29)/t21-,22+/m0/s1. The first kappa shape index (κ1) is 22.2. The topological polar surface area (TPSA) is 41.6 Å². The van der Waals surface area contributed by atoms with Crippen LogP contribution in [0, 0.1) is 26.7 Å². The van der Waals surface area contributed by atoms with Crippen molar-refractivity contribution in [2.75, 3.05) is 18.0 Å². The van der Waals surface area contributed by atoms with Gasteiger partial charge in [-0.2, -0.15) is 0 Å². The molecule has 0 bridgehead atoms. The lowest BCUT2D eigenvalue weighted by Gasteiger charge is -2.32. The molecule has 0 saturated carbocycles. The van der Waals surface area contributed by atoms with E-state index in [-0.39, 0.29) is 11.9 Å². The summed E-state index contributed by atoms with van der Waals surface area (Å²) < 4.78 is 5.99. The van der Waals surface area contributed by atoms with Gasteiger partial charge >= 0.3 is 0 Å². The highest BCUT2D eigenvalue weighted by Gasteiger charge is 2.20. The van der Waals surface area contributed by atoms with Gasteiger partial charge in [-0.1, -0.05) is 25.1 Å². The molecule has 1 heterocycles. The van der Waals surface area contributed by atoms with Crippen molar-refractivity contribution >= 4 is 11.6 Å². The number of carbonyl (C=O) groups is 1. The third kappa shape index (κ3) is 5.35. The lowest BCUT2D eigenvalue weighted by Crippen LogP contribution is -2.38. The second kappa shape index (κ2) is 9.55. The minimum Gasteiger partial charge on any atom is -0.481 e. The van der Waals surface area contributed by atoms with Gasteiger partial charge in [0, 0.05) is 18.8 Å². The summed E-state index contributed by atoms with van der Waals surface area (Å²) in [4.78, 5) is 15.2. The first-order chi connectivity index (χ1) is 14.2. The quantitative estimate of drug-likeness (QED) is 0.687. The first-order valence-corrected chi connectivity index (χ1v) is 11.1. The number of piperidine rings is 1. The smallest absolute Gasteiger partial charge is 0.261 e. The number of hydrogen-bond donors (Lipinski definition) is 1. The van der Waals surface area contributed by atoms with Crippen LogP contribution in [0.25, 0.3) is 0 Å². The molecule has 1 amide bonds. The molecule has 0 spiro atoms. The molecule has 162 valence electrons. The van der Waals surface area contributed by atoms with Crippen molar-refractivity contribution in [3.05, 3.63) is 58.7 Å². The number of nitrogens with one attached hydrogen (secondary N) is 1. The van der Waals surface area contributed by atoms with Crippen LogP contribution in [0.1, 0.15) is 61.9 Å². The zero-order chi connectivity index (χ0) is 21.8. The SMILES string of the molecule is Cc1cc(C)c(C)c(O[C@H](C)C(=O)N[C@@H](C)c2ccc(N3CCC(C)CC3)cc2)c1. The van der Waals surface area contributed by atoms with Crippen LogP contribution in [0.15, 0.2) is 36.4 Å². The predicted octanol–water partition coefficient (Wildman–Crippen LogP) is 5.49. The van der Waals surface area contributed by atoms with E-state index in [1.807, 2.05) is 26.8 Å². The Labute approximate surface area is 181 Å². The van der Waals surface area contributed by atoms with Gasteiger partial charge in [-0.3, -0.25) is 4.79 Å². The maximum Gasteiger partial charge on any atom is 0.261 e. The number of benzene rings is 2. The molecular formula is C26H36N2O2. The molecule has 4 nitrogen and oxygen atoms in total. The molecule has 4 heteroatoms. The second-order valence-corrected chi connectivity index (χ2v) is 8.96. The summed E-state index contributed by atoms with van der Waals surface area (Å²) in [5, 5.41) is 3.09. The molecule has 1 aliphatic rings. The number of ether oxygens (including phenoxy) is 1. The molecule has 30 heavy (non-hydrogen) atoms. The van der Waals surface area contributed by atoms with Gasteiger partial charge in [0.2, 0.25) is 0 Å². The van der Waals surface area contributed by atoms with E-state index in [1.54, 1.807) is 6.92 Å². The van der Waals surface area contributed by atoms with E-state index >= 15 is 0 Å². The van der Waals surface area contributed by atoms with Crippen molar-refractivity contribution in [2.45, 2.75) is 66.5 Å². The highest BCUT2D eigenvalue weighted by atomic mass is 16.5. The number of rotatable bonds is 6. The Morgan fingerprint density at radius 3 is 2.33 bits per heavy atom. The van der Waals surface area contributed by atoms with E-state index in [9.17, 15) is 4.79 Å². The minimum atomic E-state index is -0.554. The number of hydrogen-bond acceptors (Lipinski definition) is 3. The monoisotopic (exact) mass is 408 g/mol. The van der Waals surface area contributed by atoms with Crippen molar-refractivity contribution < 1.29 is 9.53 Å². The molecule has 0 aromatic heterocycles. The van der Waals surface area contributed by atoms with Crippen LogP contribution in [0.5, 0.6) is 5.75 Å². The van der Waals surface area contributed by atoms with Gasteiger partial charge in [-0.25, -0.2) is 0 Å². The van der Waals surface area contributed by atoms with E-state index in [0.717, 1.165) is 41.4 Å². The van der Waals surface area contributed by atoms with Crippen molar-refractivity contribution in [2.24, 2.45) is 5.92 Å². The normalized spacial score (nSPS) is 16.8. The fourth-order valence-corrected chi connectivity index (χ4v) is 4.02. The Balaban J connectivity index is 1.58. The van der Waals surface area contributed by atoms with Gasteiger partial charge in [0.1, 0.15) is 5.75 Å². The Morgan fingerprint density at radius 2 is 1.70 bits per heavy atom. The summed E-state index contributed by atoms with van der Waals surface area (Å²) in [6.07, 6.45) is 1.96. The van der Waals surface area contributed by atoms with E-state index in [4.69, 9.17) is 4.74 Å².